The fourth-order valence-corrected chi connectivity index (χ4v) is 6.82. The summed E-state index contributed by atoms with van der Waals surface area (Å²) in [5.41, 5.74) is 15.3. The number of rotatable bonds is 8. The first kappa shape index (κ1) is 29.9. The highest BCUT2D eigenvalue weighted by atomic mass is 15.1. The molecule has 0 saturated heterocycles. The minimum atomic E-state index is 1.10. The molecule has 0 radical (unpaired) electrons. The Hall–Kier alpha value is -6.44. The molecular weight excluding hydrogens is 591 g/mol. The lowest BCUT2D eigenvalue weighted by Gasteiger charge is -2.30. The molecule has 0 heterocycles. The standard InChI is InChI=1S/C48H35N/c1-5-18-36(19-6-1)42-26-13-15-28-46(42)47-29-16-14-27-43(47)39-32-34-41(35-33-39)49(40-24-11-4-12-25-40)48-44(37-20-7-2-8-21-37)30-17-31-45(48)38-22-9-3-10-23-38/h1-35H. The van der Waals surface area contributed by atoms with Crippen molar-refractivity contribution in [2.45, 2.75) is 0 Å². The normalized spacial score (nSPS) is 10.9. The second-order valence-corrected chi connectivity index (χ2v) is 12.1. The van der Waals surface area contributed by atoms with Crippen LogP contribution in [0.15, 0.2) is 212 Å². The Morgan fingerprint density at radius 2 is 0.510 bits per heavy atom. The molecule has 0 aromatic heterocycles. The Morgan fingerprint density at radius 1 is 0.204 bits per heavy atom. The number of hydrogen-bond donors (Lipinski definition) is 0. The minimum Gasteiger partial charge on any atom is -0.309 e. The topological polar surface area (TPSA) is 3.24 Å². The first-order valence-corrected chi connectivity index (χ1v) is 16.8. The van der Waals surface area contributed by atoms with Gasteiger partial charge < -0.3 is 4.90 Å². The van der Waals surface area contributed by atoms with E-state index >= 15 is 0 Å². The molecule has 232 valence electrons. The molecule has 8 rings (SSSR count). The van der Waals surface area contributed by atoms with Crippen LogP contribution >= 0.6 is 0 Å². The molecule has 1 heteroatoms. The predicted octanol–water partition coefficient (Wildman–Crippen LogP) is 13.5. The van der Waals surface area contributed by atoms with E-state index in [0.29, 0.717) is 0 Å². The monoisotopic (exact) mass is 625 g/mol. The molecule has 0 aliphatic heterocycles. The average molecular weight is 626 g/mol. The van der Waals surface area contributed by atoms with Gasteiger partial charge in [-0.1, -0.05) is 188 Å². The molecule has 1 nitrogen and oxygen atoms in total. The maximum Gasteiger partial charge on any atom is 0.0618 e. The Kier molecular flexibility index (Phi) is 8.39. The summed E-state index contributed by atoms with van der Waals surface area (Å²) in [5, 5.41) is 0. The molecule has 8 aromatic carbocycles. The van der Waals surface area contributed by atoms with E-state index in [1.807, 2.05) is 0 Å². The lowest BCUT2D eigenvalue weighted by atomic mass is 9.89. The van der Waals surface area contributed by atoms with Crippen LogP contribution in [-0.4, -0.2) is 0 Å². The molecule has 0 unspecified atom stereocenters. The van der Waals surface area contributed by atoms with E-state index in [1.54, 1.807) is 0 Å². The van der Waals surface area contributed by atoms with Crippen molar-refractivity contribution in [1.82, 2.24) is 0 Å². The lowest BCUT2D eigenvalue weighted by molar-refractivity contribution is 1.28. The molecule has 0 spiro atoms. The highest BCUT2D eigenvalue weighted by Crippen LogP contribution is 2.47. The summed E-state index contributed by atoms with van der Waals surface area (Å²) in [4.78, 5) is 2.41. The Balaban J connectivity index is 1.29. The Labute approximate surface area is 289 Å². The van der Waals surface area contributed by atoms with E-state index in [9.17, 15) is 0 Å². The second kappa shape index (κ2) is 13.7. The van der Waals surface area contributed by atoms with Crippen molar-refractivity contribution in [1.29, 1.82) is 0 Å². The smallest absolute Gasteiger partial charge is 0.0618 e. The molecule has 0 bridgehead atoms. The molecule has 0 amide bonds. The highest BCUT2D eigenvalue weighted by molar-refractivity contribution is 5.98. The maximum atomic E-state index is 2.41. The molecule has 0 fully saturated rings. The third-order valence-corrected chi connectivity index (χ3v) is 9.11. The summed E-state index contributed by atoms with van der Waals surface area (Å²) in [7, 11) is 0. The van der Waals surface area contributed by atoms with Crippen LogP contribution in [0.25, 0.3) is 55.6 Å². The fourth-order valence-electron chi connectivity index (χ4n) is 6.82. The van der Waals surface area contributed by atoms with Crippen molar-refractivity contribution in [3.05, 3.63) is 212 Å². The lowest BCUT2D eigenvalue weighted by Crippen LogP contribution is -2.12. The zero-order valence-electron chi connectivity index (χ0n) is 27.2. The number of para-hydroxylation sites is 2. The molecule has 0 aliphatic rings. The quantitative estimate of drug-likeness (QED) is 0.162. The van der Waals surface area contributed by atoms with E-state index in [0.717, 1.165) is 17.1 Å². The van der Waals surface area contributed by atoms with Gasteiger partial charge in [0.1, 0.15) is 0 Å². The van der Waals surface area contributed by atoms with Crippen LogP contribution in [0.2, 0.25) is 0 Å². The first-order valence-electron chi connectivity index (χ1n) is 16.8. The van der Waals surface area contributed by atoms with E-state index < -0.39 is 0 Å². The van der Waals surface area contributed by atoms with Gasteiger partial charge >= 0.3 is 0 Å². The maximum absolute atomic E-state index is 2.41. The van der Waals surface area contributed by atoms with Crippen molar-refractivity contribution < 1.29 is 0 Å². The van der Waals surface area contributed by atoms with Gasteiger partial charge in [0, 0.05) is 22.5 Å². The van der Waals surface area contributed by atoms with Crippen LogP contribution in [0.1, 0.15) is 0 Å². The second-order valence-electron chi connectivity index (χ2n) is 12.1. The van der Waals surface area contributed by atoms with Crippen molar-refractivity contribution in [3.8, 4) is 55.6 Å². The van der Waals surface area contributed by atoms with Crippen molar-refractivity contribution in [2.75, 3.05) is 4.90 Å². The van der Waals surface area contributed by atoms with Crippen LogP contribution in [0, 0.1) is 0 Å². The van der Waals surface area contributed by atoms with E-state index in [1.165, 1.54) is 55.6 Å². The van der Waals surface area contributed by atoms with Gasteiger partial charge in [-0.25, -0.2) is 0 Å². The summed E-state index contributed by atoms with van der Waals surface area (Å²) in [6.07, 6.45) is 0. The van der Waals surface area contributed by atoms with E-state index in [4.69, 9.17) is 0 Å². The fraction of sp³-hybridized carbons (Fsp3) is 0. The van der Waals surface area contributed by atoms with Gasteiger partial charge in [-0.2, -0.15) is 0 Å². The number of benzene rings is 8. The summed E-state index contributed by atoms with van der Waals surface area (Å²) in [6, 6.07) is 75.9. The largest absolute Gasteiger partial charge is 0.309 e. The van der Waals surface area contributed by atoms with Crippen molar-refractivity contribution >= 4 is 17.1 Å². The minimum absolute atomic E-state index is 1.10. The third-order valence-electron chi connectivity index (χ3n) is 9.11. The van der Waals surface area contributed by atoms with Gasteiger partial charge in [0.2, 0.25) is 0 Å². The summed E-state index contributed by atoms with van der Waals surface area (Å²) in [5.74, 6) is 0. The molecule has 0 atom stereocenters. The first-order chi connectivity index (χ1) is 24.3. The summed E-state index contributed by atoms with van der Waals surface area (Å²) < 4.78 is 0. The van der Waals surface area contributed by atoms with Gasteiger partial charge in [0.25, 0.3) is 0 Å². The van der Waals surface area contributed by atoms with Crippen molar-refractivity contribution in [3.63, 3.8) is 0 Å². The predicted molar refractivity (Wildman–Crippen MR) is 208 cm³/mol. The molecule has 0 aliphatic carbocycles. The SMILES string of the molecule is c1ccc(-c2ccccc2-c2ccccc2-c2ccc(N(c3ccccc3)c3c(-c4ccccc4)cccc3-c3ccccc3)cc2)cc1. The Bertz CT molecular complexity index is 2240. The van der Waals surface area contributed by atoms with Crippen LogP contribution in [0.3, 0.4) is 0 Å². The van der Waals surface area contributed by atoms with Gasteiger partial charge in [0.15, 0.2) is 0 Å². The molecule has 0 saturated carbocycles. The summed E-state index contributed by atoms with van der Waals surface area (Å²) in [6.45, 7) is 0. The van der Waals surface area contributed by atoms with E-state index in [2.05, 4.69) is 217 Å². The van der Waals surface area contributed by atoms with Crippen LogP contribution in [-0.2, 0) is 0 Å². The Morgan fingerprint density at radius 3 is 0.959 bits per heavy atom. The van der Waals surface area contributed by atoms with Crippen LogP contribution in [0.5, 0.6) is 0 Å². The molecule has 8 aromatic rings. The van der Waals surface area contributed by atoms with Gasteiger partial charge in [0.05, 0.1) is 5.69 Å². The molecule has 0 N–H and O–H groups in total. The van der Waals surface area contributed by atoms with Gasteiger partial charge in [-0.15, -0.1) is 0 Å². The van der Waals surface area contributed by atoms with E-state index in [-0.39, 0.29) is 0 Å². The zero-order valence-corrected chi connectivity index (χ0v) is 27.2. The average Bonchev–Trinajstić information content (AvgIpc) is 3.20. The molecular formula is C48H35N. The third kappa shape index (κ3) is 6.06. The van der Waals surface area contributed by atoms with Gasteiger partial charge in [-0.3, -0.25) is 0 Å². The van der Waals surface area contributed by atoms with Crippen molar-refractivity contribution in [2.24, 2.45) is 0 Å². The number of hydrogen-bond acceptors (Lipinski definition) is 1. The summed E-state index contributed by atoms with van der Waals surface area (Å²) >= 11 is 0. The highest BCUT2D eigenvalue weighted by Gasteiger charge is 2.22. The number of nitrogens with zero attached hydrogens (tertiary/aromatic N) is 1. The van der Waals surface area contributed by atoms with Crippen LogP contribution in [0.4, 0.5) is 17.1 Å². The van der Waals surface area contributed by atoms with Crippen LogP contribution < -0.4 is 4.90 Å². The van der Waals surface area contributed by atoms with Gasteiger partial charge in [-0.05, 0) is 68.8 Å². The zero-order chi connectivity index (χ0) is 32.8. The molecule has 49 heavy (non-hydrogen) atoms. The number of anilines is 3.